The molecule has 26 heavy (non-hydrogen) atoms. The molecule has 1 aliphatic rings. The zero-order valence-corrected chi connectivity index (χ0v) is 17.3. The third-order valence-corrected chi connectivity index (χ3v) is 6.48. The SMILES string of the molecule is CCOP(=O)(CC[C@H]1O[C@H](OC(C)=O)[C@@H](C)[C@@H](C)[C@@H]1OC(C)=O)OCC. The Morgan fingerprint density at radius 3 is 1.96 bits per heavy atom. The Balaban J connectivity index is 2.94. The number of ether oxygens (including phenoxy) is 3. The number of hydrogen-bond acceptors (Lipinski definition) is 8. The molecule has 0 N–H and O–H groups in total. The van der Waals surface area contributed by atoms with E-state index in [4.69, 9.17) is 23.3 Å². The molecule has 0 spiro atoms. The second-order valence-electron chi connectivity index (χ2n) is 6.40. The molecule has 0 radical (unpaired) electrons. The molecule has 0 aromatic rings. The van der Waals surface area contributed by atoms with E-state index in [2.05, 4.69) is 0 Å². The molecule has 1 heterocycles. The molecular weight excluding hydrogens is 363 g/mol. The Bertz CT molecular complexity index is 513. The van der Waals surface area contributed by atoms with Crippen LogP contribution in [-0.2, 0) is 37.4 Å². The van der Waals surface area contributed by atoms with E-state index < -0.39 is 38.0 Å². The minimum absolute atomic E-state index is 0.111. The lowest BCUT2D eigenvalue weighted by Gasteiger charge is -2.43. The quantitative estimate of drug-likeness (QED) is 0.435. The zero-order chi connectivity index (χ0) is 19.9. The number of esters is 2. The van der Waals surface area contributed by atoms with Gasteiger partial charge in [0.1, 0.15) is 6.10 Å². The Kier molecular flexibility index (Phi) is 9.24. The highest BCUT2D eigenvalue weighted by Gasteiger charge is 2.45. The summed E-state index contributed by atoms with van der Waals surface area (Å²) in [6, 6.07) is 0. The van der Waals surface area contributed by atoms with Crippen LogP contribution in [0.25, 0.3) is 0 Å². The molecule has 152 valence electrons. The van der Waals surface area contributed by atoms with Gasteiger partial charge in [-0.1, -0.05) is 13.8 Å². The summed E-state index contributed by atoms with van der Waals surface area (Å²) < 4.78 is 39.9. The summed E-state index contributed by atoms with van der Waals surface area (Å²) in [6.07, 6.45) is -1.47. The Labute approximate surface area is 155 Å². The molecule has 0 saturated carbocycles. The largest absolute Gasteiger partial charge is 0.459 e. The maximum Gasteiger partial charge on any atom is 0.330 e. The summed E-state index contributed by atoms with van der Waals surface area (Å²) in [7, 11) is -3.26. The smallest absolute Gasteiger partial charge is 0.330 e. The summed E-state index contributed by atoms with van der Waals surface area (Å²) in [5, 5.41) is 0. The molecule has 0 aromatic heterocycles. The molecule has 0 aromatic carbocycles. The molecule has 1 rings (SSSR count). The zero-order valence-electron chi connectivity index (χ0n) is 16.4. The fourth-order valence-corrected chi connectivity index (χ4v) is 4.70. The fraction of sp³-hybridized carbons (Fsp3) is 0.882. The van der Waals surface area contributed by atoms with Gasteiger partial charge in [0, 0.05) is 25.7 Å². The van der Waals surface area contributed by atoms with E-state index >= 15 is 0 Å². The van der Waals surface area contributed by atoms with E-state index in [1.54, 1.807) is 13.8 Å². The van der Waals surface area contributed by atoms with Crippen molar-refractivity contribution in [1.29, 1.82) is 0 Å². The number of rotatable bonds is 9. The van der Waals surface area contributed by atoms with E-state index in [1.165, 1.54) is 13.8 Å². The minimum Gasteiger partial charge on any atom is -0.459 e. The van der Waals surface area contributed by atoms with Crippen molar-refractivity contribution in [2.45, 2.75) is 66.5 Å². The van der Waals surface area contributed by atoms with E-state index in [0.29, 0.717) is 0 Å². The normalized spacial score (nSPS) is 29.2. The van der Waals surface area contributed by atoms with E-state index in [1.807, 2.05) is 13.8 Å². The average Bonchev–Trinajstić information content (AvgIpc) is 2.53. The topological polar surface area (TPSA) is 97.4 Å². The van der Waals surface area contributed by atoms with Gasteiger partial charge in [-0.2, -0.15) is 0 Å². The second-order valence-corrected chi connectivity index (χ2v) is 8.59. The molecule has 1 aliphatic heterocycles. The standard InChI is InChI=1S/C17H31O8P/c1-7-21-26(20,22-8-2)10-9-15-16(23-13(5)18)11(3)12(4)17(25-15)24-14(6)19/h11-12,15-17H,7-10H2,1-6H3/t11-,12+,15-,16+,17+/m1/s1. The molecule has 9 heteroatoms. The van der Waals surface area contributed by atoms with Gasteiger partial charge in [-0.05, 0) is 20.3 Å². The highest BCUT2D eigenvalue weighted by Crippen LogP contribution is 2.49. The van der Waals surface area contributed by atoms with Crippen LogP contribution in [0.5, 0.6) is 0 Å². The van der Waals surface area contributed by atoms with Gasteiger partial charge < -0.3 is 23.3 Å². The lowest BCUT2D eigenvalue weighted by atomic mass is 9.83. The van der Waals surface area contributed by atoms with Crippen molar-refractivity contribution >= 4 is 19.5 Å². The van der Waals surface area contributed by atoms with Crippen LogP contribution in [0.15, 0.2) is 0 Å². The van der Waals surface area contributed by atoms with Crippen LogP contribution in [0.3, 0.4) is 0 Å². The molecular formula is C17H31O8P. The van der Waals surface area contributed by atoms with Crippen LogP contribution in [-0.4, -0.2) is 49.8 Å². The summed E-state index contributed by atoms with van der Waals surface area (Å²) in [5.41, 5.74) is 0. The summed E-state index contributed by atoms with van der Waals surface area (Å²) in [4.78, 5) is 22.9. The van der Waals surface area contributed by atoms with Crippen molar-refractivity contribution in [3.8, 4) is 0 Å². The first-order valence-electron chi connectivity index (χ1n) is 9.01. The first-order valence-corrected chi connectivity index (χ1v) is 10.7. The van der Waals surface area contributed by atoms with Gasteiger partial charge in [0.05, 0.1) is 25.5 Å². The van der Waals surface area contributed by atoms with Crippen molar-refractivity contribution < 1.29 is 37.4 Å². The summed E-state index contributed by atoms with van der Waals surface area (Å²) in [5.74, 6) is -1.15. The van der Waals surface area contributed by atoms with Crippen molar-refractivity contribution in [2.75, 3.05) is 19.4 Å². The van der Waals surface area contributed by atoms with Gasteiger partial charge in [-0.15, -0.1) is 0 Å². The highest BCUT2D eigenvalue weighted by molar-refractivity contribution is 7.53. The molecule has 1 saturated heterocycles. The molecule has 0 amide bonds. The lowest BCUT2D eigenvalue weighted by Crippen LogP contribution is -2.52. The average molecular weight is 394 g/mol. The summed E-state index contributed by atoms with van der Waals surface area (Å²) in [6.45, 7) is 10.4. The van der Waals surface area contributed by atoms with Gasteiger partial charge in [0.25, 0.3) is 0 Å². The number of hydrogen-bond donors (Lipinski definition) is 0. The second kappa shape index (κ2) is 10.4. The van der Waals surface area contributed by atoms with E-state index in [9.17, 15) is 14.2 Å². The van der Waals surface area contributed by atoms with E-state index in [0.717, 1.165) is 0 Å². The van der Waals surface area contributed by atoms with Crippen LogP contribution in [0.1, 0.15) is 48.0 Å². The van der Waals surface area contributed by atoms with Gasteiger partial charge in [-0.3, -0.25) is 14.2 Å². The van der Waals surface area contributed by atoms with Crippen molar-refractivity contribution in [3.63, 3.8) is 0 Å². The third kappa shape index (κ3) is 6.65. The fourth-order valence-electron chi connectivity index (χ4n) is 3.01. The van der Waals surface area contributed by atoms with Crippen molar-refractivity contribution in [1.82, 2.24) is 0 Å². The predicted octanol–water partition coefficient (Wildman–Crippen LogP) is 3.13. The molecule has 0 bridgehead atoms. The Hall–Kier alpha value is -0.950. The van der Waals surface area contributed by atoms with Crippen LogP contribution >= 0.6 is 7.60 Å². The van der Waals surface area contributed by atoms with Crippen LogP contribution < -0.4 is 0 Å². The lowest BCUT2D eigenvalue weighted by molar-refractivity contribution is -0.259. The third-order valence-electron chi connectivity index (χ3n) is 4.38. The Morgan fingerprint density at radius 1 is 0.962 bits per heavy atom. The molecule has 5 atom stereocenters. The van der Waals surface area contributed by atoms with Crippen molar-refractivity contribution in [2.24, 2.45) is 11.8 Å². The van der Waals surface area contributed by atoms with Gasteiger partial charge >= 0.3 is 19.5 Å². The first-order chi connectivity index (χ1) is 12.1. The van der Waals surface area contributed by atoms with Crippen LogP contribution in [0.4, 0.5) is 0 Å². The molecule has 1 fully saturated rings. The van der Waals surface area contributed by atoms with Gasteiger partial charge in [0.2, 0.25) is 6.29 Å². The van der Waals surface area contributed by atoms with Crippen molar-refractivity contribution in [3.05, 3.63) is 0 Å². The monoisotopic (exact) mass is 394 g/mol. The maximum absolute atomic E-state index is 12.7. The predicted molar refractivity (Wildman–Crippen MR) is 94.7 cm³/mol. The van der Waals surface area contributed by atoms with Crippen LogP contribution in [0, 0.1) is 11.8 Å². The van der Waals surface area contributed by atoms with Gasteiger partial charge in [0.15, 0.2) is 0 Å². The first kappa shape index (κ1) is 23.1. The Morgan fingerprint density at radius 2 is 1.50 bits per heavy atom. The summed E-state index contributed by atoms with van der Waals surface area (Å²) >= 11 is 0. The van der Waals surface area contributed by atoms with Crippen LogP contribution in [0.2, 0.25) is 0 Å². The number of carbonyl (C=O) groups excluding carboxylic acids is 2. The minimum atomic E-state index is -3.26. The molecule has 0 unspecified atom stereocenters. The number of carbonyl (C=O) groups is 2. The van der Waals surface area contributed by atoms with E-state index in [-0.39, 0.29) is 37.6 Å². The molecule has 0 aliphatic carbocycles. The maximum atomic E-state index is 12.7. The molecule has 8 nitrogen and oxygen atoms in total. The van der Waals surface area contributed by atoms with Gasteiger partial charge in [-0.25, -0.2) is 0 Å². The highest BCUT2D eigenvalue weighted by atomic mass is 31.2.